The Kier molecular flexibility index (Phi) is 10.9. The first-order chi connectivity index (χ1) is 13.0. The van der Waals surface area contributed by atoms with Crippen molar-refractivity contribution in [2.45, 2.75) is 19.9 Å². The molecule has 0 heterocycles. The molecule has 0 radical (unpaired) electrons. The van der Waals surface area contributed by atoms with Crippen LogP contribution in [0.5, 0.6) is 0 Å². The van der Waals surface area contributed by atoms with Gasteiger partial charge in [0.15, 0.2) is 5.96 Å². The van der Waals surface area contributed by atoms with E-state index in [-0.39, 0.29) is 29.9 Å². The first-order valence-electron chi connectivity index (χ1n) is 9.07. The second-order valence-electron chi connectivity index (χ2n) is 6.40. The molecule has 0 fully saturated rings. The van der Waals surface area contributed by atoms with E-state index < -0.39 is 0 Å². The maximum atomic E-state index is 12.1. The Balaban J connectivity index is 0.00000392. The van der Waals surface area contributed by atoms with Crippen LogP contribution in [0.4, 0.5) is 0 Å². The number of hydrogen-bond donors (Lipinski definition) is 2. The van der Waals surface area contributed by atoms with E-state index in [0.717, 1.165) is 36.6 Å². The zero-order chi connectivity index (χ0) is 19.6. The molecule has 0 spiro atoms. The van der Waals surface area contributed by atoms with Gasteiger partial charge in [-0.3, -0.25) is 4.79 Å². The number of carbonyl (C=O) groups is 1. The summed E-state index contributed by atoms with van der Waals surface area (Å²) < 4.78 is 0. The van der Waals surface area contributed by atoms with Crippen LogP contribution in [0.3, 0.4) is 0 Å². The number of benzene rings is 2. The van der Waals surface area contributed by atoms with Gasteiger partial charge in [-0.1, -0.05) is 35.9 Å². The zero-order valence-electron chi connectivity index (χ0n) is 16.5. The maximum absolute atomic E-state index is 12.1. The number of rotatable bonds is 7. The molecule has 0 saturated heterocycles. The molecule has 0 aliphatic carbocycles. The fourth-order valence-electron chi connectivity index (χ4n) is 2.59. The molecule has 0 aliphatic rings. The predicted molar refractivity (Wildman–Crippen MR) is 128 cm³/mol. The lowest BCUT2D eigenvalue weighted by Crippen LogP contribution is -2.38. The highest BCUT2D eigenvalue weighted by molar-refractivity contribution is 14.0. The number of hydrogen-bond acceptors (Lipinski definition) is 2. The summed E-state index contributed by atoms with van der Waals surface area (Å²) in [7, 11) is 3.52. The van der Waals surface area contributed by atoms with Crippen LogP contribution in [0.2, 0.25) is 5.02 Å². The van der Waals surface area contributed by atoms with Crippen LogP contribution in [-0.2, 0) is 13.0 Å². The average molecular weight is 515 g/mol. The van der Waals surface area contributed by atoms with Crippen molar-refractivity contribution >= 4 is 47.4 Å². The summed E-state index contributed by atoms with van der Waals surface area (Å²) in [6, 6.07) is 15.4. The lowest BCUT2D eigenvalue weighted by atomic mass is 10.1. The molecular formula is C21H28ClIN4O. The summed E-state index contributed by atoms with van der Waals surface area (Å²) in [4.78, 5) is 18.3. The topological polar surface area (TPSA) is 56.7 Å². The Morgan fingerprint density at radius 1 is 1.07 bits per heavy atom. The van der Waals surface area contributed by atoms with Crippen molar-refractivity contribution in [1.82, 2.24) is 15.5 Å². The number of nitrogens with zero attached hydrogens (tertiary/aromatic N) is 2. The number of aliphatic imine (C=N–C) groups is 1. The van der Waals surface area contributed by atoms with E-state index in [4.69, 9.17) is 11.6 Å². The average Bonchev–Trinajstić information content (AvgIpc) is 2.65. The van der Waals surface area contributed by atoms with Gasteiger partial charge in [0.1, 0.15) is 0 Å². The maximum Gasteiger partial charge on any atom is 0.253 e. The van der Waals surface area contributed by atoms with Gasteiger partial charge in [0.05, 0.1) is 6.54 Å². The Morgan fingerprint density at radius 3 is 2.46 bits per heavy atom. The second kappa shape index (κ2) is 12.6. The molecule has 0 atom stereocenters. The van der Waals surface area contributed by atoms with Crippen LogP contribution in [0.15, 0.2) is 53.5 Å². The lowest BCUT2D eigenvalue weighted by molar-refractivity contribution is 0.0827. The third-order valence-corrected chi connectivity index (χ3v) is 4.17. The third kappa shape index (κ3) is 8.06. The molecule has 152 valence electrons. The van der Waals surface area contributed by atoms with E-state index in [2.05, 4.69) is 15.6 Å². The number of guanidine groups is 1. The van der Waals surface area contributed by atoms with E-state index >= 15 is 0 Å². The summed E-state index contributed by atoms with van der Waals surface area (Å²) in [6.45, 7) is 4.10. The van der Waals surface area contributed by atoms with Gasteiger partial charge in [0.25, 0.3) is 5.91 Å². The molecule has 5 nitrogen and oxygen atoms in total. The molecule has 2 N–H and O–H groups in total. The SMILES string of the molecule is CCNC(=NCc1cccc(Cl)c1)NCCc1cccc(C(=O)N(C)C)c1.I. The van der Waals surface area contributed by atoms with Crippen LogP contribution >= 0.6 is 35.6 Å². The highest BCUT2D eigenvalue weighted by Gasteiger charge is 2.08. The Hall–Kier alpha value is -1.80. The monoisotopic (exact) mass is 514 g/mol. The molecule has 7 heteroatoms. The highest BCUT2D eigenvalue weighted by Crippen LogP contribution is 2.11. The van der Waals surface area contributed by atoms with Crippen molar-refractivity contribution < 1.29 is 4.79 Å². The van der Waals surface area contributed by atoms with Crippen LogP contribution in [0.1, 0.15) is 28.4 Å². The van der Waals surface area contributed by atoms with Crippen molar-refractivity contribution in [3.05, 3.63) is 70.2 Å². The quantitative estimate of drug-likeness (QED) is 0.334. The summed E-state index contributed by atoms with van der Waals surface area (Å²) in [5.41, 5.74) is 2.88. The summed E-state index contributed by atoms with van der Waals surface area (Å²) in [6.07, 6.45) is 0.802. The number of halogens is 2. The van der Waals surface area contributed by atoms with Crippen LogP contribution in [0, 0.1) is 0 Å². The zero-order valence-corrected chi connectivity index (χ0v) is 19.6. The Labute approximate surface area is 189 Å². The first kappa shape index (κ1) is 24.2. The van der Waals surface area contributed by atoms with Gasteiger partial charge in [-0.2, -0.15) is 0 Å². The minimum atomic E-state index is 0. The minimum Gasteiger partial charge on any atom is -0.357 e. The number of amides is 1. The normalized spacial score (nSPS) is 10.8. The smallest absolute Gasteiger partial charge is 0.253 e. The molecule has 0 unspecified atom stereocenters. The molecule has 28 heavy (non-hydrogen) atoms. The molecule has 1 amide bonds. The molecule has 2 rings (SSSR count). The van der Waals surface area contributed by atoms with Crippen molar-refractivity contribution in [2.75, 3.05) is 27.2 Å². The van der Waals surface area contributed by atoms with Crippen LogP contribution in [0.25, 0.3) is 0 Å². The van der Waals surface area contributed by atoms with Crippen molar-refractivity contribution in [3.63, 3.8) is 0 Å². The van der Waals surface area contributed by atoms with Gasteiger partial charge in [-0.25, -0.2) is 4.99 Å². The summed E-state index contributed by atoms with van der Waals surface area (Å²) >= 11 is 6.02. The van der Waals surface area contributed by atoms with E-state index in [1.165, 1.54) is 0 Å². The molecule has 0 bridgehead atoms. The summed E-state index contributed by atoms with van der Waals surface area (Å²) in [5.74, 6) is 0.777. The van der Waals surface area contributed by atoms with Crippen LogP contribution < -0.4 is 10.6 Å². The fraction of sp³-hybridized carbons (Fsp3) is 0.333. The molecule has 2 aromatic carbocycles. The molecule has 0 aromatic heterocycles. The number of nitrogens with one attached hydrogen (secondary N) is 2. The number of carbonyl (C=O) groups excluding carboxylic acids is 1. The van der Waals surface area contributed by atoms with Gasteiger partial charge in [-0.15, -0.1) is 24.0 Å². The predicted octanol–water partition coefficient (Wildman–Crippen LogP) is 3.96. The molecule has 2 aromatic rings. The molecular weight excluding hydrogens is 487 g/mol. The Bertz CT molecular complexity index is 795. The lowest BCUT2D eigenvalue weighted by Gasteiger charge is -2.13. The minimum absolute atomic E-state index is 0. The summed E-state index contributed by atoms with van der Waals surface area (Å²) in [5, 5.41) is 7.30. The third-order valence-electron chi connectivity index (χ3n) is 3.94. The highest BCUT2D eigenvalue weighted by atomic mass is 127. The molecule has 0 saturated carbocycles. The van der Waals surface area contributed by atoms with E-state index in [1.54, 1.807) is 19.0 Å². The van der Waals surface area contributed by atoms with E-state index in [1.807, 2.05) is 55.5 Å². The van der Waals surface area contributed by atoms with Gasteiger partial charge < -0.3 is 15.5 Å². The largest absolute Gasteiger partial charge is 0.357 e. The van der Waals surface area contributed by atoms with Crippen molar-refractivity contribution in [3.8, 4) is 0 Å². The van der Waals surface area contributed by atoms with Gasteiger partial charge in [0, 0.05) is 37.8 Å². The fourth-order valence-corrected chi connectivity index (χ4v) is 2.80. The van der Waals surface area contributed by atoms with E-state index in [9.17, 15) is 4.79 Å². The van der Waals surface area contributed by atoms with Crippen LogP contribution in [-0.4, -0.2) is 44.0 Å². The molecule has 0 aliphatic heterocycles. The van der Waals surface area contributed by atoms with Crippen molar-refractivity contribution in [1.29, 1.82) is 0 Å². The second-order valence-corrected chi connectivity index (χ2v) is 6.84. The Morgan fingerprint density at radius 2 is 1.79 bits per heavy atom. The van der Waals surface area contributed by atoms with Crippen molar-refractivity contribution in [2.24, 2.45) is 4.99 Å². The van der Waals surface area contributed by atoms with Gasteiger partial charge >= 0.3 is 0 Å². The standard InChI is InChI=1S/C21H27ClN4O.HI/c1-4-23-21(25-15-17-8-6-10-19(22)14-17)24-12-11-16-7-5-9-18(13-16)20(27)26(2)3;/h5-10,13-14H,4,11-12,15H2,1-3H3,(H2,23,24,25);1H. The van der Waals surface area contributed by atoms with E-state index in [0.29, 0.717) is 17.1 Å². The van der Waals surface area contributed by atoms with Gasteiger partial charge in [0.2, 0.25) is 0 Å². The van der Waals surface area contributed by atoms with Gasteiger partial charge in [-0.05, 0) is 48.7 Å². The first-order valence-corrected chi connectivity index (χ1v) is 9.44.